The average Bonchev–Trinajstić information content (AvgIpc) is 2.13. The fourth-order valence-corrected chi connectivity index (χ4v) is 1.25. The molecule has 5 heteroatoms. The topological polar surface area (TPSA) is 66.4 Å². The van der Waals surface area contributed by atoms with Gasteiger partial charge in [-0.2, -0.15) is 11.8 Å². The third-order valence-corrected chi connectivity index (χ3v) is 2.89. The van der Waals surface area contributed by atoms with Crippen molar-refractivity contribution in [3.05, 3.63) is 0 Å². The van der Waals surface area contributed by atoms with E-state index in [0.717, 1.165) is 0 Å². The fraction of sp³-hybridized carbons (Fsp3) is 0.778. The van der Waals surface area contributed by atoms with Crippen LogP contribution in [0, 0.1) is 0 Å². The third-order valence-electron chi connectivity index (χ3n) is 1.92. The van der Waals surface area contributed by atoms with Gasteiger partial charge in [0.1, 0.15) is 6.04 Å². The van der Waals surface area contributed by atoms with Gasteiger partial charge in [-0.3, -0.25) is 4.79 Å². The van der Waals surface area contributed by atoms with Crippen LogP contribution in [0.4, 0.5) is 0 Å². The first-order chi connectivity index (χ1) is 6.51. The summed E-state index contributed by atoms with van der Waals surface area (Å²) in [5, 5.41) is 11.4. The zero-order valence-electron chi connectivity index (χ0n) is 8.74. The summed E-state index contributed by atoms with van der Waals surface area (Å²) in [7, 11) is 0. The Hall–Kier alpha value is -0.710. The molecule has 0 aliphatic heterocycles. The molecule has 2 N–H and O–H groups in total. The van der Waals surface area contributed by atoms with Gasteiger partial charge in [-0.25, -0.2) is 4.79 Å². The van der Waals surface area contributed by atoms with Gasteiger partial charge in [0.25, 0.3) is 0 Å². The Morgan fingerprint density at radius 2 is 2.07 bits per heavy atom. The number of rotatable bonds is 6. The Bertz CT molecular complexity index is 208. The Morgan fingerprint density at radius 3 is 2.43 bits per heavy atom. The standard InChI is InChI=1S/C9H17NO3S/c1-4-7(9(12)13)10-8(11)5-6(2)14-3/h6-7H,4-5H2,1-3H3,(H,10,11)(H,12,13). The van der Waals surface area contributed by atoms with Crippen LogP contribution in [0.2, 0.25) is 0 Å². The van der Waals surface area contributed by atoms with Crippen LogP contribution >= 0.6 is 11.8 Å². The fourth-order valence-electron chi connectivity index (χ4n) is 0.936. The highest BCUT2D eigenvalue weighted by atomic mass is 32.2. The second kappa shape index (κ2) is 6.70. The average molecular weight is 219 g/mol. The molecule has 0 heterocycles. The van der Waals surface area contributed by atoms with Crippen molar-refractivity contribution in [3.63, 3.8) is 0 Å². The molecule has 2 unspecified atom stereocenters. The molecule has 82 valence electrons. The molecule has 0 saturated carbocycles. The molecule has 0 fully saturated rings. The number of amides is 1. The summed E-state index contributed by atoms with van der Waals surface area (Å²) in [6, 6.07) is -0.753. The van der Waals surface area contributed by atoms with Crippen LogP contribution in [-0.2, 0) is 9.59 Å². The molecule has 0 aromatic heterocycles. The maximum absolute atomic E-state index is 11.3. The number of carboxylic acids is 1. The molecule has 0 aromatic carbocycles. The number of carboxylic acid groups (broad SMARTS) is 1. The molecule has 1 amide bonds. The van der Waals surface area contributed by atoms with Crippen LogP contribution in [0.3, 0.4) is 0 Å². The van der Waals surface area contributed by atoms with Crippen LogP contribution < -0.4 is 5.32 Å². The molecule has 0 aliphatic rings. The Labute approximate surface area is 88.4 Å². The van der Waals surface area contributed by atoms with Gasteiger partial charge in [-0.05, 0) is 12.7 Å². The molecular formula is C9H17NO3S. The SMILES string of the molecule is CCC(NC(=O)CC(C)SC)C(=O)O. The van der Waals surface area contributed by atoms with Gasteiger partial charge < -0.3 is 10.4 Å². The van der Waals surface area contributed by atoms with Gasteiger partial charge in [0.15, 0.2) is 0 Å². The van der Waals surface area contributed by atoms with Gasteiger partial charge in [0.05, 0.1) is 0 Å². The number of carbonyl (C=O) groups excluding carboxylic acids is 1. The van der Waals surface area contributed by atoms with Crippen LogP contribution in [-0.4, -0.2) is 34.5 Å². The van der Waals surface area contributed by atoms with Crippen molar-refractivity contribution in [1.82, 2.24) is 5.32 Å². The minimum absolute atomic E-state index is 0.193. The summed E-state index contributed by atoms with van der Waals surface area (Å²) in [5.74, 6) is -1.17. The molecule has 0 bridgehead atoms. The largest absolute Gasteiger partial charge is 0.480 e. The lowest BCUT2D eigenvalue weighted by atomic mass is 10.2. The summed E-state index contributed by atoms with van der Waals surface area (Å²) >= 11 is 1.59. The second-order valence-electron chi connectivity index (χ2n) is 3.12. The lowest BCUT2D eigenvalue weighted by molar-refractivity contribution is -0.141. The van der Waals surface area contributed by atoms with E-state index < -0.39 is 12.0 Å². The molecular weight excluding hydrogens is 202 g/mol. The van der Waals surface area contributed by atoms with E-state index >= 15 is 0 Å². The first-order valence-corrected chi connectivity index (χ1v) is 5.85. The van der Waals surface area contributed by atoms with Crippen molar-refractivity contribution in [2.75, 3.05) is 6.26 Å². The van der Waals surface area contributed by atoms with Crippen molar-refractivity contribution in [2.45, 2.75) is 38.0 Å². The second-order valence-corrected chi connectivity index (χ2v) is 4.39. The molecule has 0 rings (SSSR count). The molecule has 0 radical (unpaired) electrons. The smallest absolute Gasteiger partial charge is 0.326 e. The zero-order valence-corrected chi connectivity index (χ0v) is 9.56. The molecule has 0 spiro atoms. The quantitative estimate of drug-likeness (QED) is 0.702. The van der Waals surface area contributed by atoms with E-state index in [9.17, 15) is 9.59 Å². The summed E-state index contributed by atoms with van der Waals surface area (Å²) in [5.41, 5.74) is 0. The lowest BCUT2D eigenvalue weighted by Crippen LogP contribution is -2.40. The highest BCUT2D eigenvalue weighted by molar-refractivity contribution is 7.99. The van der Waals surface area contributed by atoms with Crippen molar-refractivity contribution >= 4 is 23.6 Å². The molecule has 0 aromatic rings. The summed E-state index contributed by atoms with van der Waals surface area (Å²) < 4.78 is 0. The van der Waals surface area contributed by atoms with Gasteiger partial charge in [-0.1, -0.05) is 13.8 Å². The number of thioether (sulfide) groups is 1. The van der Waals surface area contributed by atoms with Crippen LogP contribution in [0.15, 0.2) is 0 Å². The van der Waals surface area contributed by atoms with E-state index in [4.69, 9.17) is 5.11 Å². The Morgan fingerprint density at radius 1 is 1.50 bits per heavy atom. The number of aliphatic carboxylic acids is 1. The van der Waals surface area contributed by atoms with Crippen LogP contribution in [0.1, 0.15) is 26.7 Å². The molecule has 0 saturated heterocycles. The molecule has 4 nitrogen and oxygen atoms in total. The Kier molecular flexibility index (Phi) is 6.36. The van der Waals surface area contributed by atoms with E-state index in [2.05, 4.69) is 5.32 Å². The van der Waals surface area contributed by atoms with Crippen molar-refractivity contribution in [3.8, 4) is 0 Å². The minimum atomic E-state index is -0.974. The highest BCUT2D eigenvalue weighted by Gasteiger charge is 2.18. The maximum atomic E-state index is 11.3. The molecule has 0 aliphatic carbocycles. The van der Waals surface area contributed by atoms with Crippen molar-refractivity contribution in [2.24, 2.45) is 0 Å². The first kappa shape index (κ1) is 13.3. The predicted molar refractivity (Wildman–Crippen MR) is 57.5 cm³/mol. The van der Waals surface area contributed by atoms with Crippen molar-refractivity contribution < 1.29 is 14.7 Å². The maximum Gasteiger partial charge on any atom is 0.326 e. The predicted octanol–water partition coefficient (Wildman–Crippen LogP) is 1.11. The minimum Gasteiger partial charge on any atom is -0.480 e. The van der Waals surface area contributed by atoms with E-state index in [1.165, 1.54) is 0 Å². The van der Waals surface area contributed by atoms with Gasteiger partial charge in [-0.15, -0.1) is 0 Å². The van der Waals surface area contributed by atoms with Gasteiger partial charge in [0.2, 0.25) is 5.91 Å². The third kappa shape index (κ3) is 5.11. The van der Waals surface area contributed by atoms with Gasteiger partial charge in [0, 0.05) is 11.7 Å². The zero-order chi connectivity index (χ0) is 11.1. The van der Waals surface area contributed by atoms with Gasteiger partial charge >= 0.3 is 5.97 Å². The number of hydrogen-bond acceptors (Lipinski definition) is 3. The number of hydrogen-bond donors (Lipinski definition) is 2. The van der Waals surface area contributed by atoms with E-state index in [0.29, 0.717) is 12.8 Å². The molecule has 14 heavy (non-hydrogen) atoms. The number of nitrogens with one attached hydrogen (secondary N) is 1. The molecule has 2 atom stereocenters. The van der Waals surface area contributed by atoms with Crippen LogP contribution in [0.25, 0.3) is 0 Å². The highest BCUT2D eigenvalue weighted by Crippen LogP contribution is 2.09. The van der Waals surface area contributed by atoms with E-state index in [-0.39, 0.29) is 11.2 Å². The Balaban J connectivity index is 3.97. The first-order valence-electron chi connectivity index (χ1n) is 4.56. The normalized spacial score (nSPS) is 14.5. The summed E-state index contributed by atoms with van der Waals surface area (Å²) in [6.07, 6.45) is 2.70. The van der Waals surface area contributed by atoms with E-state index in [1.54, 1.807) is 18.7 Å². The number of carbonyl (C=O) groups is 2. The van der Waals surface area contributed by atoms with E-state index in [1.807, 2.05) is 13.2 Å². The van der Waals surface area contributed by atoms with Crippen LogP contribution in [0.5, 0.6) is 0 Å². The lowest BCUT2D eigenvalue weighted by Gasteiger charge is -2.13. The monoisotopic (exact) mass is 219 g/mol. The van der Waals surface area contributed by atoms with Crippen molar-refractivity contribution in [1.29, 1.82) is 0 Å². The summed E-state index contributed by atoms with van der Waals surface area (Å²) in [4.78, 5) is 21.9. The summed E-state index contributed by atoms with van der Waals surface area (Å²) in [6.45, 7) is 3.67.